The molecule has 0 aromatic heterocycles. The molecule has 1 N–H and O–H groups in total. The highest BCUT2D eigenvalue weighted by atomic mass is 35.5. The molecule has 0 unspecified atom stereocenters. The van der Waals surface area contributed by atoms with Gasteiger partial charge in [0, 0.05) is 29.6 Å². The number of carbonyl (C=O) groups is 2. The molecule has 1 aliphatic rings. The zero-order chi connectivity index (χ0) is 23.8. The first-order valence-corrected chi connectivity index (χ1v) is 12.0. The van der Waals surface area contributed by atoms with Gasteiger partial charge in [-0.05, 0) is 55.2 Å². The molecule has 2 amide bonds. The number of fused-ring (bicyclic) bond motifs is 1. The molecule has 178 valence electrons. The van der Waals surface area contributed by atoms with Gasteiger partial charge in [0.05, 0.1) is 0 Å². The Kier molecular flexibility index (Phi) is 9.27. The fraction of sp³-hybridized carbons (Fsp3) is 0.440. The quantitative estimate of drug-likeness (QED) is 0.472. The third-order valence-electron chi connectivity index (χ3n) is 5.59. The summed E-state index contributed by atoms with van der Waals surface area (Å²) in [6.07, 6.45) is 2.63. The summed E-state index contributed by atoms with van der Waals surface area (Å²) in [5.74, 6) is 1.10. The van der Waals surface area contributed by atoms with Crippen LogP contribution in [0, 0.1) is 0 Å². The van der Waals surface area contributed by atoms with Crippen molar-refractivity contribution in [1.29, 1.82) is 0 Å². The number of amides is 2. The van der Waals surface area contributed by atoms with Crippen LogP contribution in [-0.2, 0) is 22.6 Å². The van der Waals surface area contributed by atoms with Crippen LogP contribution in [0.25, 0.3) is 0 Å². The zero-order valence-electron chi connectivity index (χ0n) is 19.0. The average molecular weight is 493 g/mol. The van der Waals surface area contributed by atoms with Crippen molar-refractivity contribution in [1.82, 2.24) is 10.2 Å². The highest BCUT2D eigenvalue weighted by molar-refractivity contribution is 6.35. The number of unbranched alkanes of at least 4 members (excludes halogenated alkanes) is 1. The van der Waals surface area contributed by atoms with Crippen molar-refractivity contribution in [3.63, 3.8) is 0 Å². The van der Waals surface area contributed by atoms with Gasteiger partial charge in [-0.25, -0.2) is 0 Å². The third-order valence-corrected chi connectivity index (χ3v) is 6.17. The van der Waals surface area contributed by atoms with Crippen molar-refractivity contribution in [2.45, 2.75) is 52.1 Å². The van der Waals surface area contributed by atoms with E-state index >= 15 is 0 Å². The van der Waals surface area contributed by atoms with Gasteiger partial charge in [0.15, 0.2) is 11.5 Å². The number of nitrogens with one attached hydrogen (secondary N) is 1. The van der Waals surface area contributed by atoms with E-state index in [1.54, 1.807) is 30.0 Å². The molecular weight excluding hydrogens is 463 g/mol. The smallest absolute Gasteiger partial charge is 0.242 e. The lowest BCUT2D eigenvalue weighted by Gasteiger charge is -2.29. The van der Waals surface area contributed by atoms with E-state index in [1.807, 2.05) is 18.2 Å². The van der Waals surface area contributed by atoms with E-state index < -0.39 is 6.04 Å². The molecule has 33 heavy (non-hydrogen) atoms. The second kappa shape index (κ2) is 12.1. The van der Waals surface area contributed by atoms with Crippen LogP contribution < -0.4 is 14.8 Å². The second-order valence-corrected chi connectivity index (χ2v) is 8.90. The summed E-state index contributed by atoms with van der Waals surface area (Å²) in [6.45, 7) is 5.65. The van der Waals surface area contributed by atoms with E-state index in [-0.39, 0.29) is 24.8 Å². The van der Waals surface area contributed by atoms with Gasteiger partial charge in [-0.3, -0.25) is 9.59 Å². The molecule has 0 saturated carbocycles. The molecule has 0 spiro atoms. The van der Waals surface area contributed by atoms with E-state index in [4.69, 9.17) is 32.7 Å². The van der Waals surface area contributed by atoms with Crippen LogP contribution >= 0.6 is 23.2 Å². The Balaban J connectivity index is 1.72. The first-order chi connectivity index (χ1) is 15.9. The number of hydrogen-bond donors (Lipinski definition) is 1. The van der Waals surface area contributed by atoms with Crippen molar-refractivity contribution in [2.24, 2.45) is 0 Å². The molecule has 0 aliphatic carbocycles. The topological polar surface area (TPSA) is 67.9 Å². The van der Waals surface area contributed by atoms with Gasteiger partial charge in [-0.2, -0.15) is 0 Å². The van der Waals surface area contributed by atoms with E-state index in [9.17, 15) is 9.59 Å². The molecule has 0 fully saturated rings. The summed E-state index contributed by atoms with van der Waals surface area (Å²) in [7, 11) is 0. The maximum atomic E-state index is 13.3. The average Bonchev–Trinajstić information content (AvgIpc) is 2.81. The number of aryl methyl sites for hydroxylation is 1. The molecule has 8 heteroatoms. The molecule has 1 heterocycles. The lowest BCUT2D eigenvalue weighted by Crippen LogP contribution is -2.47. The number of ether oxygens (including phenoxy) is 2. The van der Waals surface area contributed by atoms with Crippen molar-refractivity contribution >= 4 is 35.0 Å². The molecule has 1 atom stereocenters. The van der Waals surface area contributed by atoms with Crippen LogP contribution in [0.3, 0.4) is 0 Å². The summed E-state index contributed by atoms with van der Waals surface area (Å²) in [6, 6.07) is 10.2. The molecular formula is C25H30Cl2N2O4. The fourth-order valence-electron chi connectivity index (χ4n) is 3.59. The Morgan fingerprint density at radius 2 is 1.85 bits per heavy atom. The van der Waals surface area contributed by atoms with E-state index in [2.05, 4.69) is 12.2 Å². The monoisotopic (exact) mass is 492 g/mol. The van der Waals surface area contributed by atoms with Crippen molar-refractivity contribution in [3.8, 4) is 11.5 Å². The van der Waals surface area contributed by atoms with Crippen LogP contribution in [0.1, 0.15) is 44.2 Å². The summed E-state index contributed by atoms with van der Waals surface area (Å²) < 4.78 is 11.2. The second-order valence-electron chi connectivity index (χ2n) is 8.06. The maximum Gasteiger partial charge on any atom is 0.242 e. The largest absolute Gasteiger partial charge is 0.486 e. The van der Waals surface area contributed by atoms with Gasteiger partial charge in [-0.1, -0.05) is 48.7 Å². The third kappa shape index (κ3) is 7.02. The Morgan fingerprint density at radius 1 is 1.09 bits per heavy atom. The number of halogens is 2. The van der Waals surface area contributed by atoms with Gasteiger partial charge in [0.1, 0.15) is 19.3 Å². The van der Waals surface area contributed by atoms with Gasteiger partial charge < -0.3 is 19.7 Å². The molecule has 0 saturated heterocycles. The molecule has 1 aliphatic heterocycles. The molecule has 2 aromatic carbocycles. The van der Waals surface area contributed by atoms with Crippen LogP contribution in [-0.4, -0.2) is 42.5 Å². The van der Waals surface area contributed by atoms with Crippen LogP contribution in [0.15, 0.2) is 36.4 Å². The van der Waals surface area contributed by atoms with Crippen LogP contribution in [0.5, 0.6) is 11.5 Å². The predicted molar refractivity (Wildman–Crippen MR) is 130 cm³/mol. The van der Waals surface area contributed by atoms with Crippen molar-refractivity contribution < 1.29 is 19.1 Å². The Morgan fingerprint density at radius 3 is 2.58 bits per heavy atom. The number of nitrogens with zero attached hydrogens (tertiary/aromatic N) is 1. The van der Waals surface area contributed by atoms with E-state index in [0.29, 0.717) is 47.7 Å². The standard InChI is InChI=1S/C25H30Cl2N2O4/c1-3-4-11-28-25(31)17(2)29(16-19-7-8-20(26)15-21(19)27)24(30)10-6-18-5-9-22-23(14-18)33-13-12-32-22/h5,7-9,14-15,17H,3-4,6,10-13,16H2,1-2H3,(H,28,31)/t17-/m0/s1. The predicted octanol–water partition coefficient (Wildman–Crippen LogP) is 5.03. The minimum absolute atomic E-state index is 0.131. The summed E-state index contributed by atoms with van der Waals surface area (Å²) in [5, 5.41) is 3.90. The Hall–Kier alpha value is -2.44. The molecule has 0 radical (unpaired) electrons. The lowest BCUT2D eigenvalue weighted by molar-refractivity contribution is -0.140. The van der Waals surface area contributed by atoms with E-state index in [1.165, 1.54) is 0 Å². The highest BCUT2D eigenvalue weighted by Crippen LogP contribution is 2.31. The van der Waals surface area contributed by atoms with Crippen molar-refractivity contribution in [2.75, 3.05) is 19.8 Å². The van der Waals surface area contributed by atoms with Crippen LogP contribution in [0.4, 0.5) is 0 Å². The minimum Gasteiger partial charge on any atom is -0.486 e. The number of rotatable bonds is 10. The number of carbonyl (C=O) groups excluding carboxylic acids is 2. The molecule has 2 aromatic rings. The Bertz CT molecular complexity index is 983. The summed E-state index contributed by atoms with van der Waals surface area (Å²) in [4.78, 5) is 27.6. The Labute approximate surface area is 205 Å². The number of benzene rings is 2. The maximum absolute atomic E-state index is 13.3. The van der Waals surface area contributed by atoms with Crippen LogP contribution in [0.2, 0.25) is 10.0 Å². The van der Waals surface area contributed by atoms with Gasteiger partial charge >= 0.3 is 0 Å². The van der Waals surface area contributed by atoms with Gasteiger partial charge in [0.2, 0.25) is 11.8 Å². The first-order valence-electron chi connectivity index (χ1n) is 11.3. The molecule has 6 nitrogen and oxygen atoms in total. The van der Waals surface area contributed by atoms with E-state index in [0.717, 1.165) is 24.0 Å². The van der Waals surface area contributed by atoms with Gasteiger partial charge in [0.25, 0.3) is 0 Å². The minimum atomic E-state index is -0.638. The lowest BCUT2D eigenvalue weighted by atomic mass is 10.1. The normalized spacial score (nSPS) is 13.3. The summed E-state index contributed by atoms with van der Waals surface area (Å²) >= 11 is 12.4. The number of hydrogen-bond acceptors (Lipinski definition) is 4. The molecule has 0 bridgehead atoms. The summed E-state index contributed by atoms with van der Waals surface area (Å²) in [5.41, 5.74) is 1.71. The molecule has 3 rings (SSSR count). The first kappa shape index (κ1) is 25.2. The zero-order valence-corrected chi connectivity index (χ0v) is 20.5. The SMILES string of the molecule is CCCCNC(=O)[C@H](C)N(Cc1ccc(Cl)cc1Cl)C(=O)CCc1ccc2c(c1)OCCO2. The van der Waals surface area contributed by atoms with Crippen molar-refractivity contribution in [3.05, 3.63) is 57.6 Å². The highest BCUT2D eigenvalue weighted by Gasteiger charge is 2.26. The van der Waals surface area contributed by atoms with Gasteiger partial charge in [-0.15, -0.1) is 0 Å². The fourth-order valence-corrected chi connectivity index (χ4v) is 4.06.